The van der Waals surface area contributed by atoms with Crippen molar-refractivity contribution >= 4 is 51.7 Å². The van der Waals surface area contributed by atoms with Crippen LogP contribution in [0.2, 0.25) is 0 Å². The minimum absolute atomic E-state index is 0. The van der Waals surface area contributed by atoms with Gasteiger partial charge in [0.2, 0.25) is 5.91 Å². The van der Waals surface area contributed by atoms with Crippen molar-refractivity contribution in [2.75, 3.05) is 13.1 Å². The maximum absolute atomic E-state index is 12.1. The molecule has 8 rings (SSSR count). The number of aromatic nitrogens is 8. The fourth-order valence-electron chi connectivity index (χ4n) is 7.04. The molecule has 0 radical (unpaired) electrons. The number of amides is 1. The average Bonchev–Trinajstić information content (AvgIpc) is 3.82. The van der Waals surface area contributed by atoms with Gasteiger partial charge in [0.15, 0.2) is 11.3 Å². The maximum atomic E-state index is 12.1. The molecule has 12 heteroatoms. The fourth-order valence-corrected chi connectivity index (χ4v) is 7.04. The van der Waals surface area contributed by atoms with Crippen molar-refractivity contribution in [1.82, 2.24) is 43.6 Å². The summed E-state index contributed by atoms with van der Waals surface area (Å²) in [5.41, 5.74) is 5.94. The van der Waals surface area contributed by atoms with Crippen LogP contribution in [-0.4, -0.2) is 62.6 Å². The summed E-state index contributed by atoms with van der Waals surface area (Å²) in [4.78, 5) is 38.4. The third kappa shape index (κ3) is 5.17. The highest BCUT2D eigenvalue weighted by Gasteiger charge is 2.33. The molecular weight excluding hydrogens is 576 g/mol. The van der Waals surface area contributed by atoms with Crippen LogP contribution in [0.5, 0.6) is 0 Å². The standard InChI is InChI=1S/C17H18N6O.C15H18N4.ClH/c1-11-4-7-22(15(24)2-5-18)10-13(11)17-21-9-12-8-20-16-14(23(12)17)3-6-19-16;1-10-4-2-3-5-12(10)15-18-9-11-8-17-14-13(19(11)15)6-7-16-14;/h3,6,8-9,11,13,19H,2,4,7,10H2,1H3;6-10,12,16H,2-5H2,1H3;1H/t11-,13+;;/m1../s1. The number of nitrogens with one attached hydrogen (secondary N) is 2. The lowest BCUT2D eigenvalue weighted by Crippen LogP contribution is -2.42. The second kappa shape index (κ2) is 12.3. The number of aromatic amines is 2. The number of halogens is 1. The van der Waals surface area contributed by atoms with E-state index in [1.54, 1.807) is 11.1 Å². The number of hydrogen-bond acceptors (Lipinski definition) is 6. The molecule has 2 unspecified atom stereocenters. The summed E-state index contributed by atoms with van der Waals surface area (Å²) in [6, 6.07) is 6.04. The summed E-state index contributed by atoms with van der Waals surface area (Å²) in [6.45, 7) is 5.88. The van der Waals surface area contributed by atoms with Crippen molar-refractivity contribution in [3.05, 3.63) is 61.0 Å². The summed E-state index contributed by atoms with van der Waals surface area (Å²) in [7, 11) is 0. The van der Waals surface area contributed by atoms with Gasteiger partial charge in [-0.2, -0.15) is 5.26 Å². The van der Waals surface area contributed by atoms with Crippen molar-refractivity contribution in [3.8, 4) is 6.07 Å². The van der Waals surface area contributed by atoms with Crippen molar-refractivity contribution in [2.45, 2.75) is 64.2 Å². The SMILES string of the molecule is CC1CCCCC1c1ncc2cnc3[nH]ccc3n12.C[C@@H]1CCN(C(=O)CC#N)C[C@@H]1c1ncc2cnc3[nH]ccc3n12.Cl. The molecule has 44 heavy (non-hydrogen) atoms. The van der Waals surface area contributed by atoms with Crippen molar-refractivity contribution in [1.29, 1.82) is 5.26 Å². The number of nitrogens with zero attached hydrogens (tertiary/aromatic N) is 8. The Morgan fingerprint density at radius 2 is 1.39 bits per heavy atom. The van der Waals surface area contributed by atoms with Crippen LogP contribution in [0.25, 0.3) is 33.4 Å². The van der Waals surface area contributed by atoms with Crippen LogP contribution in [0.15, 0.2) is 49.3 Å². The minimum atomic E-state index is -0.0938. The second-order valence-corrected chi connectivity index (χ2v) is 12.1. The van der Waals surface area contributed by atoms with E-state index in [0.717, 1.165) is 51.5 Å². The van der Waals surface area contributed by atoms with Crippen LogP contribution in [0.4, 0.5) is 0 Å². The van der Waals surface area contributed by atoms with E-state index in [0.29, 0.717) is 24.9 Å². The predicted molar refractivity (Wildman–Crippen MR) is 171 cm³/mol. The van der Waals surface area contributed by atoms with Gasteiger partial charge in [0, 0.05) is 37.3 Å². The van der Waals surface area contributed by atoms with Gasteiger partial charge >= 0.3 is 0 Å². The smallest absolute Gasteiger partial charge is 0.236 e. The molecule has 11 nitrogen and oxygen atoms in total. The largest absolute Gasteiger partial charge is 0.345 e. The van der Waals surface area contributed by atoms with Gasteiger partial charge in [0.25, 0.3) is 0 Å². The average molecular weight is 613 g/mol. The lowest BCUT2D eigenvalue weighted by Gasteiger charge is -2.36. The fraction of sp³-hybridized carbons (Fsp3) is 0.438. The molecule has 228 valence electrons. The molecule has 2 fully saturated rings. The summed E-state index contributed by atoms with van der Waals surface area (Å²) >= 11 is 0. The topological polar surface area (TPSA) is 136 Å². The summed E-state index contributed by atoms with van der Waals surface area (Å²) in [5.74, 6) is 3.95. The van der Waals surface area contributed by atoms with Crippen LogP contribution in [0.1, 0.15) is 75.9 Å². The first-order valence-electron chi connectivity index (χ1n) is 15.3. The van der Waals surface area contributed by atoms with Gasteiger partial charge in [0.1, 0.15) is 18.1 Å². The molecular formula is C32H37ClN10O. The molecule has 6 aromatic heterocycles. The Kier molecular flexibility index (Phi) is 8.27. The van der Waals surface area contributed by atoms with Crippen molar-refractivity contribution in [2.24, 2.45) is 11.8 Å². The number of rotatable bonds is 3. The molecule has 0 spiro atoms. The molecule has 1 amide bonds. The van der Waals surface area contributed by atoms with Crippen LogP contribution < -0.4 is 0 Å². The summed E-state index contributed by atoms with van der Waals surface area (Å²) in [5, 5.41) is 8.78. The number of piperidine rings is 1. The van der Waals surface area contributed by atoms with E-state index >= 15 is 0 Å². The molecule has 1 saturated carbocycles. The van der Waals surface area contributed by atoms with Gasteiger partial charge in [-0.1, -0.05) is 33.1 Å². The highest BCUT2D eigenvalue weighted by molar-refractivity contribution is 5.85. The van der Waals surface area contributed by atoms with E-state index in [-0.39, 0.29) is 30.7 Å². The van der Waals surface area contributed by atoms with E-state index in [2.05, 4.69) is 53.6 Å². The summed E-state index contributed by atoms with van der Waals surface area (Å²) < 4.78 is 4.41. The molecule has 1 aliphatic heterocycles. The Hall–Kier alpha value is -4.43. The van der Waals surface area contributed by atoms with Gasteiger partial charge in [-0.3, -0.25) is 13.6 Å². The van der Waals surface area contributed by atoms with Gasteiger partial charge in [-0.05, 0) is 36.8 Å². The Morgan fingerprint density at radius 3 is 1.98 bits per heavy atom. The quantitative estimate of drug-likeness (QED) is 0.251. The molecule has 1 saturated heterocycles. The Morgan fingerprint density at radius 1 is 0.841 bits per heavy atom. The van der Waals surface area contributed by atoms with Crippen molar-refractivity contribution in [3.63, 3.8) is 0 Å². The first-order chi connectivity index (χ1) is 21.0. The zero-order valence-corrected chi connectivity index (χ0v) is 25.8. The predicted octanol–water partition coefficient (Wildman–Crippen LogP) is 6.00. The van der Waals surface area contributed by atoms with Gasteiger partial charge in [-0.15, -0.1) is 12.4 Å². The normalized spacial score (nSPS) is 22.1. The number of fused-ring (bicyclic) bond motifs is 6. The number of carbonyl (C=O) groups is 1. The van der Waals surface area contributed by atoms with Gasteiger partial charge in [-0.25, -0.2) is 19.9 Å². The minimum Gasteiger partial charge on any atom is -0.345 e. The molecule has 1 aliphatic carbocycles. The first-order valence-corrected chi connectivity index (χ1v) is 15.3. The molecule has 0 bridgehead atoms. The number of likely N-dealkylation sites (tertiary alicyclic amines) is 1. The second-order valence-electron chi connectivity index (χ2n) is 12.1. The zero-order chi connectivity index (χ0) is 29.5. The summed E-state index contributed by atoms with van der Waals surface area (Å²) in [6.07, 6.45) is 17.4. The molecule has 2 aliphatic rings. The highest BCUT2D eigenvalue weighted by atomic mass is 35.5. The lowest BCUT2D eigenvalue weighted by molar-refractivity contribution is -0.131. The van der Waals surface area contributed by atoms with E-state index < -0.39 is 0 Å². The van der Waals surface area contributed by atoms with Crippen LogP contribution in [0, 0.1) is 23.2 Å². The van der Waals surface area contributed by atoms with Crippen LogP contribution in [0.3, 0.4) is 0 Å². The highest BCUT2D eigenvalue weighted by Crippen LogP contribution is 2.38. The van der Waals surface area contributed by atoms with Gasteiger partial charge in [0.05, 0.1) is 52.9 Å². The van der Waals surface area contributed by atoms with Crippen LogP contribution in [-0.2, 0) is 4.79 Å². The van der Waals surface area contributed by atoms with Crippen LogP contribution >= 0.6 is 12.4 Å². The van der Waals surface area contributed by atoms with E-state index in [9.17, 15) is 4.79 Å². The Balaban J connectivity index is 0.000000156. The Labute approximate surface area is 261 Å². The molecule has 7 heterocycles. The third-order valence-corrected chi connectivity index (χ3v) is 9.49. The van der Waals surface area contributed by atoms with Crippen molar-refractivity contribution < 1.29 is 4.79 Å². The van der Waals surface area contributed by atoms with E-state index in [1.807, 2.05) is 43.1 Å². The third-order valence-electron chi connectivity index (χ3n) is 9.49. The van der Waals surface area contributed by atoms with Gasteiger partial charge < -0.3 is 14.9 Å². The maximum Gasteiger partial charge on any atom is 0.236 e. The zero-order valence-electron chi connectivity index (χ0n) is 25.0. The number of H-pyrrole nitrogens is 2. The van der Waals surface area contributed by atoms with E-state index in [4.69, 9.17) is 10.2 Å². The van der Waals surface area contributed by atoms with E-state index in [1.165, 1.54) is 31.5 Å². The Bertz CT molecular complexity index is 1960. The lowest BCUT2D eigenvalue weighted by atomic mass is 9.80. The molecule has 2 N–H and O–H groups in total. The molecule has 6 aromatic rings. The molecule has 4 atom stereocenters. The number of hydrogen-bond donors (Lipinski definition) is 2. The number of imidazole rings is 2. The monoisotopic (exact) mass is 612 g/mol. The number of nitriles is 1. The first kappa shape index (κ1) is 29.6. The molecule has 0 aromatic carbocycles. The number of carbonyl (C=O) groups excluding carboxylic acids is 1.